The van der Waals surface area contributed by atoms with E-state index in [0.29, 0.717) is 22.4 Å². The molecule has 0 saturated carbocycles. The molecule has 1 amide bonds. The van der Waals surface area contributed by atoms with Gasteiger partial charge in [-0.05, 0) is 111 Å². The molecule has 0 aliphatic carbocycles. The number of halogens is 2. The number of rotatable bonds is 6. The van der Waals surface area contributed by atoms with Crippen molar-refractivity contribution in [3.05, 3.63) is 95.5 Å². The van der Waals surface area contributed by atoms with Gasteiger partial charge in [0.05, 0.1) is 23.3 Å². The lowest BCUT2D eigenvalue weighted by molar-refractivity contribution is -0.121. The number of carbonyl (C=O) groups is 2. The highest BCUT2D eigenvalue weighted by molar-refractivity contribution is 14.1. The van der Waals surface area contributed by atoms with Crippen LogP contribution < -0.4 is 4.74 Å². The Kier molecular flexibility index (Phi) is 7.94. The Morgan fingerprint density at radius 2 is 1.74 bits per heavy atom. The van der Waals surface area contributed by atoms with Gasteiger partial charge in [0.2, 0.25) is 0 Å². The maximum atomic E-state index is 12.8. The van der Waals surface area contributed by atoms with Crippen LogP contribution in [0.4, 0.5) is 5.69 Å². The first-order valence-corrected chi connectivity index (χ1v) is 13.0. The molecule has 6 nitrogen and oxygen atoms in total. The number of thioether (sulfide) groups is 1. The van der Waals surface area contributed by atoms with E-state index < -0.39 is 5.97 Å². The summed E-state index contributed by atoms with van der Waals surface area (Å²) in [4.78, 5) is 30.4. The third-order valence-electron chi connectivity index (χ3n) is 4.89. The first-order chi connectivity index (χ1) is 16.3. The van der Waals surface area contributed by atoms with Crippen molar-refractivity contribution in [2.24, 2.45) is 4.99 Å². The molecule has 0 spiro atoms. The number of benzene rings is 3. The Hall–Kier alpha value is -2.38. The molecule has 0 unspecified atom stereocenters. The van der Waals surface area contributed by atoms with E-state index in [9.17, 15) is 9.59 Å². The average molecular weight is 696 g/mol. The van der Waals surface area contributed by atoms with E-state index in [-0.39, 0.29) is 11.5 Å². The van der Waals surface area contributed by atoms with Gasteiger partial charge in [-0.25, -0.2) is 9.79 Å². The summed E-state index contributed by atoms with van der Waals surface area (Å²) in [6.07, 6.45) is 1.85. The summed E-state index contributed by atoms with van der Waals surface area (Å²) in [5, 5.41) is 9.57. The second-order valence-electron chi connectivity index (χ2n) is 7.31. The van der Waals surface area contributed by atoms with Crippen molar-refractivity contribution in [3.63, 3.8) is 0 Å². The molecule has 1 fully saturated rings. The second kappa shape index (κ2) is 10.9. The molecule has 1 saturated heterocycles. The highest BCUT2D eigenvalue weighted by Crippen LogP contribution is 2.35. The zero-order valence-corrected chi connectivity index (χ0v) is 23.0. The number of carbonyl (C=O) groups excluding carboxylic acids is 1. The third kappa shape index (κ3) is 5.81. The van der Waals surface area contributed by atoms with Gasteiger partial charge < -0.3 is 9.84 Å². The number of amides is 1. The van der Waals surface area contributed by atoms with Crippen molar-refractivity contribution in [1.29, 1.82) is 0 Å². The minimum absolute atomic E-state index is 0.139. The largest absolute Gasteiger partial charge is 0.487 e. The lowest BCUT2D eigenvalue weighted by Gasteiger charge is -2.11. The third-order valence-corrected chi connectivity index (χ3v) is 7.55. The topological polar surface area (TPSA) is 79.2 Å². The van der Waals surface area contributed by atoms with Crippen LogP contribution in [0, 0.1) is 7.14 Å². The molecule has 0 aromatic heterocycles. The molecule has 3 aromatic rings. The van der Waals surface area contributed by atoms with Crippen LogP contribution in [-0.4, -0.2) is 34.1 Å². The van der Waals surface area contributed by atoms with Crippen molar-refractivity contribution < 1.29 is 19.4 Å². The van der Waals surface area contributed by atoms with Crippen LogP contribution in [0.3, 0.4) is 0 Å². The number of carboxylic acids is 1. The second-order valence-corrected chi connectivity index (χ2v) is 10.6. The Balaban J connectivity index is 1.53. The number of aromatic carboxylic acids is 1. The van der Waals surface area contributed by atoms with Crippen LogP contribution in [0.2, 0.25) is 0 Å². The highest BCUT2D eigenvalue weighted by atomic mass is 127. The molecular weight excluding hydrogens is 678 g/mol. The molecule has 1 aliphatic rings. The smallest absolute Gasteiger partial charge is 0.335 e. The van der Waals surface area contributed by atoms with Crippen molar-refractivity contribution in [2.75, 3.05) is 7.05 Å². The summed E-state index contributed by atoms with van der Waals surface area (Å²) in [6.45, 7) is 0.486. The highest BCUT2D eigenvalue weighted by Gasteiger charge is 2.30. The average Bonchev–Trinajstić information content (AvgIpc) is 3.07. The van der Waals surface area contributed by atoms with Gasteiger partial charge in [-0.3, -0.25) is 9.69 Å². The minimum Gasteiger partial charge on any atom is -0.487 e. The molecule has 9 heteroatoms. The quantitative estimate of drug-likeness (QED) is 0.238. The van der Waals surface area contributed by atoms with Crippen LogP contribution in [0.15, 0.2) is 76.6 Å². The summed E-state index contributed by atoms with van der Waals surface area (Å²) < 4.78 is 7.97. The Morgan fingerprint density at radius 3 is 2.35 bits per heavy atom. The van der Waals surface area contributed by atoms with E-state index >= 15 is 0 Å². The number of aliphatic imine (C=N–C) groups is 1. The zero-order valence-electron chi connectivity index (χ0n) is 17.9. The number of carboxylic acid groups (broad SMARTS) is 1. The fourth-order valence-electron chi connectivity index (χ4n) is 3.12. The van der Waals surface area contributed by atoms with Crippen LogP contribution >= 0.6 is 56.9 Å². The monoisotopic (exact) mass is 696 g/mol. The van der Waals surface area contributed by atoms with Gasteiger partial charge in [-0.15, -0.1) is 0 Å². The zero-order chi connectivity index (χ0) is 24.2. The van der Waals surface area contributed by atoms with Gasteiger partial charge >= 0.3 is 5.97 Å². The predicted molar refractivity (Wildman–Crippen MR) is 151 cm³/mol. The van der Waals surface area contributed by atoms with Crippen molar-refractivity contribution >= 4 is 85.8 Å². The summed E-state index contributed by atoms with van der Waals surface area (Å²) in [5.41, 5.74) is 2.77. The predicted octanol–water partition coefficient (Wildman–Crippen LogP) is 6.41. The van der Waals surface area contributed by atoms with Gasteiger partial charge in [0.25, 0.3) is 5.91 Å². The fraction of sp³-hybridized carbons (Fsp3) is 0.0800. The summed E-state index contributed by atoms with van der Waals surface area (Å²) in [6, 6.07) is 20.2. The molecule has 0 bridgehead atoms. The maximum absolute atomic E-state index is 12.8. The lowest BCUT2D eigenvalue weighted by Crippen LogP contribution is -2.23. The molecule has 0 atom stereocenters. The number of likely N-dealkylation sites (N-methyl/N-ethyl adjacent to an activating group) is 1. The van der Waals surface area contributed by atoms with Crippen molar-refractivity contribution in [3.8, 4) is 5.75 Å². The molecule has 4 rings (SSSR count). The van der Waals surface area contributed by atoms with Gasteiger partial charge in [0, 0.05) is 7.05 Å². The molecule has 34 heavy (non-hydrogen) atoms. The Morgan fingerprint density at radius 1 is 1.09 bits per heavy atom. The van der Waals surface area contributed by atoms with E-state index in [2.05, 4.69) is 50.2 Å². The van der Waals surface area contributed by atoms with Gasteiger partial charge in [0.15, 0.2) is 5.17 Å². The molecule has 0 radical (unpaired) electrons. The van der Waals surface area contributed by atoms with Crippen LogP contribution in [0.25, 0.3) is 6.08 Å². The van der Waals surface area contributed by atoms with Crippen molar-refractivity contribution in [2.45, 2.75) is 6.61 Å². The molecule has 172 valence electrons. The van der Waals surface area contributed by atoms with E-state index in [0.717, 1.165) is 24.0 Å². The van der Waals surface area contributed by atoms with Gasteiger partial charge in [0.1, 0.15) is 12.4 Å². The molecule has 1 N–H and O–H groups in total. The standard InChI is InChI=1S/C25H18I2N2O4S/c1-29-23(30)21(34-25(29)28-18-9-7-17(8-10-18)24(31)32)13-16-11-19(26)22(20(27)12-16)33-14-15-5-3-2-4-6-15/h2-13H,14H2,1H3,(H,31,32)/b21-13-,28-25?. The molecule has 1 aliphatic heterocycles. The fourth-order valence-corrected chi connectivity index (χ4v) is 6.24. The van der Waals surface area contributed by atoms with Crippen molar-refractivity contribution in [1.82, 2.24) is 4.90 Å². The van der Waals surface area contributed by atoms with E-state index in [1.54, 1.807) is 19.2 Å². The molecule has 1 heterocycles. The van der Waals surface area contributed by atoms with E-state index in [1.807, 2.05) is 48.5 Å². The maximum Gasteiger partial charge on any atom is 0.335 e. The minimum atomic E-state index is -0.993. The summed E-state index contributed by atoms with van der Waals surface area (Å²) >= 11 is 5.79. The first-order valence-electron chi connectivity index (χ1n) is 10.1. The normalized spacial score (nSPS) is 15.9. The molecule has 3 aromatic carbocycles. The first kappa shape index (κ1) is 24.7. The Labute approximate surface area is 228 Å². The van der Waals surface area contributed by atoms with Crippen LogP contribution in [0.5, 0.6) is 5.75 Å². The number of nitrogens with zero attached hydrogens (tertiary/aromatic N) is 2. The molecular formula is C25H18I2N2O4S. The summed E-state index contributed by atoms with van der Waals surface area (Å²) in [5.74, 6) is -0.310. The SMILES string of the molecule is CN1C(=O)/C(=C/c2cc(I)c(OCc3ccccc3)c(I)c2)SC1=Nc1ccc(C(=O)O)cc1. The van der Waals surface area contributed by atoms with Gasteiger partial charge in [-0.2, -0.15) is 0 Å². The number of amidine groups is 1. The van der Waals surface area contributed by atoms with E-state index in [4.69, 9.17) is 9.84 Å². The van der Waals surface area contributed by atoms with Crippen LogP contribution in [-0.2, 0) is 11.4 Å². The van der Waals surface area contributed by atoms with E-state index in [1.165, 1.54) is 28.8 Å². The number of ether oxygens (including phenoxy) is 1. The Bertz CT molecular complexity index is 1290. The summed E-state index contributed by atoms with van der Waals surface area (Å²) in [7, 11) is 1.68. The van der Waals surface area contributed by atoms with Gasteiger partial charge in [-0.1, -0.05) is 30.3 Å². The number of hydrogen-bond donors (Lipinski definition) is 1. The number of hydrogen-bond acceptors (Lipinski definition) is 5. The van der Waals surface area contributed by atoms with Crippen LogP contribution in [0.1, 0.15) is 21.5 Å². The lowest BCUT2D eigenvalue weighted by atomic mass is 10.2.